The molecule has 0 atom stereocenters. The molecule has 2 aromatic heterocycles. The van der Waals surface area contributed by atoms with Gasteiger partial charge in [-0.15, -0.1) is 22.7 Å². The van der Waals surface area contributed by atoms with Crippen molar-refractivity contribution in [3.05, 3.63) is 33.0 Å². The number of aromatic carboxylic acids is 2. The van der Waals surface area contributed by atoms with E-state index in [2.05, 4.69) is 13.8 Å². The first kappa shape index (κ1) is 22.6. The SMILES string of the molecule is CCCCCCc1cc(C(=O)O)sc1-c1sc(C(=O)O)cc1CCCCCC. The Labute approximate surface area is 175 Å². The van der Waals surface area contributed by atoms with Crippen LogP contribution in [-0.2, 0) is 12.8 Å². The zero-order chi connectivity index (χ0) is 20.5. The summed E-state index contributed by atoms with van der Waals surface area (Å²) in [4.78, 5) is 25.7. The van der Waals surface area contributed by atoms with Crippen molar-refractivity contribution < 1.29 is 19.8 Å². The molecule has 0 saturated heterocycles. The fraction of sp³-hybridized carbons (Fsp3) is 0.545. The van der Waals surface area contributed by atoms with Gasteiger partial charge in [0.1, 0.15) is 9.75 Å². The minimum atomic E-state index is -0.912. The maximum Gasteiger partial charge on any atom is 0.345 e. The van der Waals surface area contributed by atoms with Gasteiger partial charge in [-0.3, -0.25) is 0 Å². The third kappa shape index (κ3) is 6.17. The summed E-state index contributed by atoms with van der Waals surface area (Å²) in [6, 6.07) is 3.57. The number of carboxylic acids is 2. The molecule has 0 amide bonds. The number of unbranched alkanes of at least 4 members (excludes halogenated alkanes) is 6. The summed E-state index contributed by atoms with van der Waals surface area (Å²) < 4.78 is 0. The van der Waals surface area contributed by atoms with Crippen molar-refractivity contribution in [3.63, 3.8) is 0 Å². The van der Waals surface area contributed by atoms with E-state index < -0.39 is 11.9 Å². The molecule has 2 rings (SSSR count). The smallest absolute Gasteiger partial charge is 0.345 e. The van der Waals surface area contributed by atoms with Crippen molar-refractivity contribution in [1.29, 1.82) is 0 Å². The van der Waals surface area contributed by atoms with Crippen LogP contribution in [0.1, 0.15) is 95.7 Å². The first-order valence-corrected chi connectivity index (χ1v) is 11.8. The summed E-state index contributed by atoms with van der Waals surface area (Å²) in [5.74, 6) is -1.82. The van der Waals surface area contributed by atoms with Gasteiger partial charge in [-0.05, 0) is 48.9 Å². The monoisotopic (exact) mass is 422 g/mol. The zero-order valence-corrected chi connectivity index (χ0v) is 18.4. The van der Waals surface area contributed by atoms with Crippen LogP contribution < -0.4 is 0 Å². The van der Waals surface area contributed by atoms with E-state index >= 15 is 0 Å². The number of thiophene rings is 2. The minimum Gasteiger partial charge on any atom is -0.477 e. The fourth-order valence-electron chi connectivity index (χ4n) is 3.31. The standard InChI is InChI=1S/C22H30O4S2/c1-3-5-7-9-11-15-13-17(21(23)24)27-19(15)20-16(12-10-8-6-4-2)14-18(28-20)22(25)26/h13-14H,3-12H2,1-2H3,(H,23,24)(H,25,26). The van der Waals surface area contributed by atoms with Crippen LogP contribution in [0, 0.1) is 0 Å². The van der Waals surface area contributed by atoms with Gasteiger partial charge in [0.25, 0.3) is 0 Å². The second-order valence-corrected chi connectivity index (χ2v) is 9.27. The molecule has 0 spiro atoms. The average molecular weight is 423 g/mol. The highest BCUT2D eigenvalue weighted by atomic mass is 32.1. The highest BCUT2D eigenvalue weighted by Crippen LogP contribution is 2.41. The number of rotatable bonds is 13. The van der Waals surface area contributed by atoms with Crippen molar-refractivity contribution >= 4 is 34.6 Å². The van der Waals surface area contributed by atoms with Gasteiger partial charge in [-0.2, -0.15) is 0 Å². The highest BCUT2D eigenvalue weighted by molar-refractivity contribution is 7.24. The largest absolute Gasteiger partial charge is 0.477 e. The number of carboxylic acid groups (broad SMARTS) is 2. The lowest BCUT2D eigenvalue weighted by atomic mass is 10.0. The lowest BCUT2D eigenvalue weighted by molar-refractivity contribution is 0.0691. The van der Waals surface area contributed by atoms with Crippen LogP contribution in [0.4, 0.5) is 0 Å². The van der Waals surface area contributed by atoms with Gasteiger partial charge in [-0.1, -0.05) is 52.4 Å². The number of carbonyl (C=O) groups is 2. The molecule has 6 heteroatoms. The molecular formula is C22H30O4S2. The summed E-state index contributed by atoms with van der Waals surface area (Å²) >= 11 is 2.57. The van der Waals surface area contributed by atoms with Crippen LogP contribution in [-0.4, -0.2) is 22.2 Å². The zero-order valence-electron chi connectivity index (χ0n) is 16.8. The number of aryl methyl sites for hydroxylation is 2. The Morgan fingerprint density at radius 1 is 0.714 bits per heavy atom. The van der Waals surface area contributed by atoms with E-state index in [0.29, 0.717) is 9.75 Å². The van der Waals surface area contributed by atoms with Gasteiger partial charge in [0.15, 0.2) is 0 Å². The Kier molecular flexibility index (Phi) is 9.19. The maximum atomic E-state index is 11.5. The summed E-state index contributed by atoms with van der Waals surface area (Å²) in [6.07, 6.45) is 10.7. The average Bonchev–Trinajstić information content (AvgIpc) is 3.26. The molecule has 4 nitrogen and oxygen atoms in total. The first-order chi connectivity index (χ1) is 13.5. The lowest BCUT2D eigenvalue weighted by Crippen LogP contribution is -1.91. The van der Waals surface area contributed by atoms with E-state index in [4.69, 9.17) is 0 Å². The van der Waals surface area contributed by atoms with Crippen molar-refractivity contribution in [2.45, 2.75) is 78.1 Å². The Bertz CT molecular complexity index is 722. The topological polar surface area (TPSA) is 74.6 Å². The molecule has 28 heavy (non-hydrogen) atoms. The van der Waals surface area contributed by atoms with Gasteiger partial charge in [0.2, 0.25) is 0 Å². The second kappa shape index (κ2) is 11.4. The number of hydrogen-bond acceptors (Lipinski definition) is 4. The molecule has 0 aliphatic carbocycles. The number of hydrogen-bond donors (Lipinski definition) is 2. The van der Waals surface area contributed by atoms with Crippen LogP contribution in [0.25, 0.3) is 9.75 Å². The van der Waals surface area contributed by atoms with Crippen LogP contribution in [0.5, 0.6) is 0 Å². The van der Waals surface area contributed by atoms with Crippen molar-refractivity contribution in [3.8, 4) is 9.75 Å². The van der Waals surface area contributed by atoms with Gasteiger partial charge in [0, 0.05) is 9.75 Å². The van der Waals surface area contributed by atoms with E-state index in [1.807, 2.05) is 0 Å². The molecule has 0 radical (unpaired) electrons. The molecule has 154 valence electrons. The van der Waals surface area contributed by atoms with Crippen molar-refractivity contribution in [2.75, 3.05) is 0 Å². The predicted octanol–water partition coefficient (Wildman–Crippen LogP) is 7.12. The van der Waals surface area contributed by atoms with Crippen molar-refractivity contribution in [2.24, 2.45) is 0 Å². The summed E-state index contributed by atoms with van der Waals surface area (Å²) in [7, 11) is 0. The van der Waals surface area contributed by atoms with Crippen LogP contribution in [0.15, 0.2) is 12.1 Å². The van der Waals surface area contributed by atoms with Gasteiger partial charge < -0.3 is 10.2 Å². The second-order valence-electron chi connectivity index (χ2n) is 7.16. The first-order valence-electron chi connectivity index (χ1n) is 10.2. The Morgan fingerprint density at radius 3 is 1.43 bits per heavy atom. The van der Waals surface area contributed by atoms with Crippen molar-refractivity contribution in [1.82, 2.24) is 0 Å². The molecule has 0 aliphatic rings. The highest BCUT2D eigenvalue weighted by Gasteiger charge is 2.21. The molecule has 0 saturated carbocycles. The van der Waals surface area contributed by atoms with E-state index in [1.165, 1.54) is 35.5 Å². The van der Waals surface area contributed by atoms with Crippen LogP contribution >= 0.6 is 22.7 Å². The molecule has 2 heterocycles. The van der Waals surface area contributed by atoms with E-state index in [9.17, 15) is 19.8 Å². The molecule has 2 aromatic rings. The minimum absolute atomic E-state index is 0.336. The molecule has 0 unspecified atom stereocenters. The Hall–Kier alpha value is -1.66. The molecule has 0 aliphatic heterocycles. The molecular weight excluding hydrogens is 392 g/mol. The molecule has 0 bridgehead atoms. The van der Waals surface area contributed by atoms with Gasteiger partial charge in [-0.25, -0.2) is 9.59 Å². The lowest BCUT2D eigenvalue weighted by Gasteiger charge is -2.06. The molecule has 0 aromatic carbocycles. The van der Waals surface area contributed by atoms with Crippen LogP contribution in [0.3, 0.4) is 0 Å². The third-order valence-electron chi connectivity index (χ3n) is 4.85. The summed E-state index contributed by atoms with van der Waals surface area (Å²) in [5, 5.41) is 18.9. The quantitative estimate of drug-likeness (QED) is 0.337. The fourth-order valence-corrected chi connectivity index (χ4v) is 5.61. The Balaban J connectivity index is 2.34. The summed E-state index contributed by atoms with van der Waals surface area (Å²) in [6.45, 7) is 4.34. The van der Waals surface area contributed by atoms with Crippen LogP contribution in [0.2, 0.25) is 0 Å². The summed E-state index contributed by atoms with van der Waals surface area (Å²) in [5.41, 5.74) is 2.10. The maximum absolute atomic E-state index is 11.5. The van der Waals surface area contributed by atoms with E-state index in [0.717, 1.165) is 72.2 Å². The Morgan fingerprint density at radius 2 is 1.11 bits per heavy atom. The normalized spacial score (nSPS) is 11.1. The predicted molar refractivity (Wildman–Crippen MR) is 117 cm³/mol. The third-order valence-corrected chi connectivity index (χ3v) is 7.34. The molecule has 2 N–H and O–H groups in total. The van der Waals surface area contributed by atoms with E-state index in [1.54, 1.807) is 12.1 Å². The van der Waals surface area contributed by atoms with E-state index in [-0.39, 0.29) is 0 Å². The van der Waals surface area contributed by atoms with Gasteiger partial charge >= 0.3 is 11.9 Å². The molecule has 0 fully saturated rings. The van der Waals surface area contributed by atoms with Gasteiger partial charge in [0.05, 0.1) is 0 Å².